The number of anilines is 2. The van der Waals surface area contributed by atoms with Crippen LogP contribution in [0.4, 0.5) is 10.8 Å². The number of benzene rings is 1. The van der Waals surface area contributed by atoms with Crippen molar-refractivity contribution >= 4 is 34.1 Å². The molecule has 0 spiro atoms. The molecule has 0 amide bonds. The maximum Gasteiger partial charge on any atom is 0.322 e. The van der Waals surface area contributed by atoms with Crippen LogP contribution in [0.15, 0.2) is 29.6 Å². The Balaban J connectivity index is 2.01. The van der Waals surface area contributed by atoms with E-state index in [2.05, 4.69) is 15.6 Å². The highest BCUT2D eigenvalue weighted by Gasteiger charge is 2.06. The van der Waals surface area contributed by atoms with E-state index >= 15 is 0 Å². The van der Waals surface area contributed by atoms with Crippen LogP contribution in [0.3, 0.4) is 0 Å². The molecule has 7 nitrogen and oxygen atoms in total. The van der Waals surface area contributed by atoms with Crippen molar-refractivity contribution in [3.8, 4) is 11.3 Å². The van der Waals surface area contributed by atoms with Crippen LogP contribution in [0.5, 0.6) is 0 Å². The van der Waals surface area contributed by atoms with Gasteiger partial charge >= 0.3 is 11.9 Å². The predicted octanol–water partition coefficient (Wildman–Crippen LogP) is 1.80. The zero-order valence-corrected chi connectivity index (χ0v) is 11.7. The molecule has 0 saturated heterocycles. The molecule has 0 aliphatic rings. The standard InChI is InChI=1S/C13H13N3O4S/c17-11(18)5-14-9-3-1-8(2-4-9)10-7-21-13(16-10)15-6-12(19)20/h1-4,7,14H,5-6H2,(H,15,16)(H,17,18)(H,19,20). The quantitative estimate of drug-likeness (QED) is 0.617. The lowest BCUT2D eigenvalue weighted by Crippen LogP contribution is -2.12. The molecule has 2 rings (SSSR count). The molecule has 0 saturated carbocycles. The van der Waals surface area contributed by atoms with Crippen LogP contribution >= 0.6 is 11.3 Å². The van der Waals surface area contributed by atoms with Crippen molar-refractivity contribution in [3.63, 3.8) is 0 Å². The van der Waals surface area contributed by atoms with Gasteiger partial charge in [0.15, 0.2) is 5.13 Å². The van der Waals surface area contributed by atoms with Crippen LogP contribution in [0.25, 0.3) is 11.3 Å². The molecule has 4 N–H and O–H groups in total. The zero-order chi connectivity index (χ0) is 15.2. The van der Waals surface area contributed by atoms with Gasteiger partial charge in [-0.25, -0.2) is 4.98 Å². The van der Waals surface area contributed by atoms with Crippen molar-refractivity contribution in [2.45, 2.75) is 0 Å². The topological polar surface area (TPSA) is 112 Å². The lowest BCUT2D eigenvalue weighted by molar-refractivity contribution is -0.135. The van der Waals surface area contributed by atoms with Crippen LogP contribution in [-0.2, 0) is 9.59 Å². The lowest BCUT2D eigenvalue weighted by atomic mass is 10.1. The second kappa shape index (κ2) is 6.71. The molecule has 1 heterocycles. The van der Waals surface area contributed by atoms with Crippen LogP contribution in [0.2, 0.25) is 0 Å². The van der Waals surface area contributed by atoms with Crippen LogP contribution in [0, 0.1) is 0 Å². The third-order valence-electron chi connectivity index (χ3n) is 2.52. The highest BCUT2D eigenvalue weighted by atomic mass is 32.1. The Morgan fingerprint density at radius 1 is 1.05 bits per heavy atom. The van der Waals surface area contributed by atoms with Gasteiger partial charge in [-0.15, -0.1) is 11.3 Å². The van der Waals surface area contributed by atoms with Gasteiger partial charge in [0, 0.05) is 16.6 Å². The number of aliphatic carboxylic acids is 2. The van der Waals surface area contributed by atoms with Crippen molar-refractivity contribution in [2.75, 3.05) is 23.7 Å². The minimum absolute atomic E-state index is 0.140. The molecule has 1 aromatic carbocycles. The summed E-state index contributed by atoms with van der Waals surface area (Å²) < 4.78 is 0. The summed E-state index contributed by atoms with van der Waals surface area (Å²) >= 11 is 1.33. The average Bonchev–Trinajstić information content (AvgIpc) is 2.92. The number of carboxylic acid groups (broad SMARTS) is 2. The van der Waals surface area contributed by atoms with E-state index in [9.17, 15) is 9.59 Å². The van der Waals surface area contributed by atoms with Crippen molar-refractivity contribution in [1.82, 2.24) is 4.98 Å². The second-order valence-electron chi connectivity index (χ2n) is 4.11. The number of nitrogens with zero attached hydrogens (tertiary/aromatic N) is 1. The Kier molecular flexibility index (Phi) is 4.72. The van der Waals surface area contributed by atoms with Crippen LogP contribution in [0.1, 0.15) is 0 Å². The number of hydrogen-bond acceptors (Lipinski definition) is 6. The first-order valence-corrected chi connectivity index (χ1v) is 6.90. The number of nitrogens with one attached hydrogen (secondary N) is 2. The van der Waals surface area contributed by atoms with Gasteiger partial charge < -0.3 is 20.8 Å². The molecule has 0 aliphatic heterocycles. The third-order valence-corrected chi connectivity index (χ3v) is 3.32. The summed E-state index contributed by atoms with van der Waals surface area (Å²) in [6.07, 6.45) is 0. The van der Waals surface area contributed by atoms with E-state index < -0.39 is 11.9 Å². The molecular formula is C13H13N3O4S. The van der Waals surface area contributed by atoms with Gasteiger partial charge in [0.1, 0.15) is 13.1 Å². The number of carbonyl (C=O) groups is 2. The summed E-state index contributed by atoms with van der Waals surface area (Å²) in [5, 5.41) is 25.0. The first kappa shape index (κ1) is 14.8. The van der Waals surface area contributed by atoms with E-state index in [-0.39, 0.29) is 13.1 Å². The maximum absolute atomic E-state index is 10.5. The number of carboxylic acids is 2. The van der Waals surface area contributed by atoms with Crippen molar-refractivity contribution < 1.29 is 19.8 Å². The van der Waals surface area contributed by atoms with Gasteiger partial charge in [-0.3, -0.25) is 9.59 Å². The summed E-state index contributed by atoms with van der Waals surface area (Å²) in [6.45, 7) is -0.315. The Hall–Kier alpha value is -2.61. The molecule has 21 heavy (non-hydrogen) atoms. The van der Waals surface area contributed by atoms with Gasteiger partial charge in [0.25, 0.3) is 0 Å². The molecule has 0 bridgehead atoms. The monoisotopic (exact) mass is 307 g/mol. The van der Waals surface area contributed by atoms with Crippen molar-refractivity contribution in [2.24, 2.45) is 0 Å². The second-order valence-corrected chi connectivity index (χ2v) is 4.97. The molecule has 0 radical (unpaired) electrons. The van der Waals surface area contributed by atoms with E-state index in [0.29, 0.717) is 10.8 Å². The fourth-order valence-corrected chi connectivity index (χ4v) is 2.29. The summed E-state index contributed by atoms with van der Waals surface area (Å²) in [4.78, 5) is 25.2. The average molecular weight is 307 g/mol. The third kappa shape index (κ3) is 4.46. The minimum Gasteiger partial charge on any atom is -0.480 e. The molecule has 1 aromatic heterocycles. The first-order valence-electron chi connectivity index (χ1n) is 6.02. The smallest absolute Gasteiger partial charge is 0.322 e. The SMILES string of the molecule is O=C(O)CNc1ccc(-c2csc(NCC(=O)O)n2)cc1. The predicted molar refractivity (Wildman–Crippen MR) is 79.8 cm³/mol. The summed E-state index contributed by atoms with van der Waals surface area (Å²) in [6, 6.07) is 7.17. The van der Waals surface area contributed by atoms with E-state index in [1.807, 2.05) is 17.5 Å². The summed E-state index contributed by atoms with van der Waals surface area (Å²) in [5.74, 6) is -1.87. The molecule has 0 atom stereocenters. The Morgan fingerprint density at radius 3 is 2.29 bits per heavy atom. The molecular weight excluding hydrogens is 294 g/mol. The normalized spacial score (nSPS) is 10.1. The first-order chi connectivity index (χ1) is 10.0. The summed E-state index contributed by atoms with van der Waals surface area (Å²) in [7, 11) is 0. The highest BCUT2D eigenvalue weighted by Crippen LogP contribution is 2.25. The molecule has 8 heteroatoms. The molecule has 0 aliphatic carbocycles. The Morgan fingerprint density at radius 2 is 1.67 bits per heavy atom. The largest absolute Gasteiger partial charge is 0.480 e. The summed E-state index contributed by atoms with van der Waals surface area (Å²) in [5.41, 5.74) is 2.31. The number of rotatable bonds is 7. The Bertz CT molecular complexity index is 639. The zero-order valence-electron chi connectivity index (χ0n) is 10.9. The molecule has 110 valence electrons. The van der Waals surface area contributed by atoms with E-state index in [1.165, 1.54) is 11.3 Å². The fraction of sp³-hybridized carbons (Fsp3) is 0.154. The maximum atomic E-state index is 10.5. The minimum atomic E-state index is -0.944. The van der Waals surface area contributed by atoms with Crippen LogP contribution < -0.4 is 10.6 Å². The number of aromatic nitrogens is 1. The van der Waals surface area contributed by atoms with E-state index in [1.54, 1.807) is 12.1 Å². The number of thiazole rings is 1. The fourth-order valence-electron chi connectivity index (χ4n) is 1.58. The number of hydrogen-bond donors (Lipinski definition) is 4. The highest BCUT2D eigenvalue weighted by molar-refractivity contribution is 7.14. The van der Waals surface area contributed by atoms with Gasteiger partial charge in [0.05, 0.1) is 5.69 Å². The molecule has 0 fully saturated rings. The van der Waals surface area contributed by atoms with Crippen molar-refractivity contribution in [3.05, 3.63) is 29.6 Å². The van der Waals surface area contributed by atoms with Gasteiger partial charge in [0.2, 0.25) is 0 Å². The van der Waals surface area contributed by atoms with Gasteiger partial charge in [-0.2, -0.15) is 0 Å². The lowest BCUT2D eigenvalue weighted by Gasteiger charge is -2.04. The Labute approximate surface area is 124 Å². The van der Waals surface area contributed by atoms with Gasteiger partial charge in [-0.05, 0) is 12.1 Å². The van der Waals surface area contributed by atoms with Gasteiger partial charge in [-0.1, -0.05) is 12.1 Å². The van der Waals surface area contributed by atoms with Crippen molar-refractivity contribution in [1.29, 1.82) is 0 Å². The van der Waals surface area contributed by atoms with E-state index in [0.717, 1.165) is 11.3 Å². The molecule has 0 unspecified atom stereocenters. The van der Waals surface area contributed by atoms with E-state index in [4.69, 9.17) is 10.2 Å². The molecule has 2 aromatic rings. The van der Waals surface area contributed by atoms with Crippen LogP contribution in [-0.4, -0.2) is 40.2 Å².